The highest BCUT2D eigenvalue weighted by molar-refractivity contribution is 7.12. The summed E-state index contributed by atoms with van der Waals surface area (Å²) in [7, 11) is 0. The minimum absolute atomic E-state index is 0.0682. The minimum Gasteiger partial charge on any atom is -0.350 e. The fraction of sp³-hybridized carbons (Fsp3) is 0.316. The molecule has 0 radical (unpaired) electrons. The molecule has 1 aromatic heterocycles. The molecule has 1 aromatic carbocycles. The van der Waals surface area contributed by atoms with Crippen LogP contribution in [0.15, 0.2) is 41.8 Å². The molecule has 0 bridgehead atoms. The molecule has 128 valence electrons. The number of carbonyl (C=O) groups is 2. The van der Waals surface area contributed by atoms with Crippen LogP contribution >= 0.6 is 11.3 Å². The predicted octanol–water partition coefficient (Wildman–Crippen LogP) is 2.93. The molecule has 1 fully saturated rings. The lowest BCUT2D eigenvalue weighted by Gasteiger charge is -2.34. The van der Waals surface area contributed by atoms with Crippen LogP contribution in [0.3, 0.4) is 0 Å². The van der Waals surface area contributed by atoms with Gasteiger partial charge in [0.15, 0.2) is 0 Å². The molecule has 2 heterocycles. The Kier molecular flexibility index (Phi) is 5.46. The number of thiophene rings is 1. The summed E-state index contributed by atoms with van der Waals surface area (Å²) in [5, 5.41) is 13.7. The lowest BCUT2D eigenvalue weighted by Crippen LogP contribution is -2.51. The Labute approximate surface area is 150 Å². The fourth-order valence-electron chi connectivity index (χ4n) is 3.05. The van der Waals surface area contributed by atoms with E-state index in [1.54, 1.807) is 29.2 Å². The van der Waals surface area contributed by atoms with Gasteiger partial charge >= 0.3 is 0 Å². The maximum Gasteiger partial charge on any atom is 0.264 e. The zero-order chi connectivity index (χ0) is 17.6. The van der Waals surface area contributed by atoms with Crippen molar-refractivity contribution in [1.82, 2.24) is 10.2 Å². The summed E-state index contributed by atoms with van der Waals surface area (Å²) >= 11 is 1.40. The molecule has 6 heteroatoms. The zero-order valence-corrected chi connectivity index (χ0v) is 14.6. The molecule has 1 aliphatic rings. The molecule has 1 saturated heterocycles. The van der Waals surface area contributed by atoms with Gasteiger partial charge in [-0.25, -0.2) is 0 Å². The minimum atomic E-state index is -0.428. The average Bonchev–Trinajstić information content (AvgIpc) is 3.20. The summed E-state index contributed by atoms with van der Waals surface area (Å²) in [6, 6.07) is 12.5. The van der Waals surface area contributed by atoms with Gasteiger partial charge in [-0.05, 0) is 48.4 Å². The second-order valence-corrected chi connectivity index (χ2v) is 6.97. The van der Waals surface area contributed by atoms with Crippen LogP contribution in [0.1, 0.15) is 40.1 Å². The molecular formula is C19H19N3O2S. The molecule has 1 atom stereocenters. The summed E-state index contributed by atoms with van der Waals surface area (Å²) < 4.78 is 0. The highest BCUT2D eigenvalue weighted by atomic mass is 32.1. The summed E-state index contributed by atoms with van der Waals surface area (Å²) in [5.41, 5.74) is 1.44. The van der Waals surface area contributed by atoms with E-state index in [1.165, 1.54) is 11.3 Å². The number of benzene rings is 1. The van der Waals surface area contributed by atoms with Crippen molar-refractivity contribution in [3.05, 3.63) is 57.8 Å². The number of likely N-dealkylation sites (tertiary alicyclic amines) is 1. The van der Waals surface area contributed by atoms with Gasteiger partial charge in [-0.1, -0.05) is 18.2 Å². The molecule has 0 saturated carbocycles. The smallest absolute Gasteiger partial charge is 0.264 e. The monoisotopic (exact) mass is 353 g/mol. The van der Waals surface area contributed by atoms with Crippen molar-refractivity contribution >= 4 is 23.2 Å². The van der Waals surface area contributed by atoms with Crippen LogP contribution in [-0.2, 0) is 11.3 Å². The number of nitrogens with zero attached hydrogens (tertiary/aromatic N) is 2. The fourth-order valence-corrected chi connectivity index (χ4v) is 3.73. The van der Waals surface area contributed by atoms with Crippen LogP contribution in [0.4, 0.5) is 0 Å². The van der Waals surface area contributed by atoms with E-state index in [-0.39, 0.29) is 11.8 Å². The molecule has 5 nitrogen and oxygen atoms in total. The number of hydrogen-bond donors (Lipinski definition) is 1. The van der Waals surface area contributed by atoms with E-state index in [2.05, 4.69) is 11.4 Å². The normalized spacial score (nSPS) is 16.9. The van der Waals surface area contributed by atoms with E-state index in [0.29, 0.717) is 30.0 Å². The Hall–Kier alpha value is -2.65. The molecule has 25 heavy (non-hydrogen) atoms. The van der Waals surface area contributed by atoms with Gasteiger partial charge in [-0.3, -0.25) is 9.59 Å². The van der Waals surface area contributed by atoms with Crippen LogP contribution < -0.4 is 5.32 Å². The number of amides is 2. The summed E-state index contributed by atoms with van der Waals surface area (Å²) in [6.07, 6.45) is 2.54. The van der Waals surface area contributed by atoms with Crippen LogP contribution in [0, 0.1) is 11.3 Å². The lowest BCUT2D eigenvalue weighted by molar-refractivity contribution is -0.126. The maximum atomic E-state index is 12.7. The van der Waals surface area contributed by atoms with Gasteiger partial charge in [0, 0.05) is 13.1 Å². The molecule has 2 aromatic rings. The number of carbonyl (C=O) groups excluding carboxylic acids is 2. The van der Waals surface area contributed by atoms with Crippen molar-refractivity contribution in [1.29, 1.82) is 5.26 Å². The van der Waals surface area contributed by atoms with Crippen LogP contribution in [0.2, 0.25) is 0 Å². The molecule has 1 N–H and O–H groups in total. The third-order valence-corrected chi connectivity index (χ3v) is 5.18. The quantitative estimate of drug-likeness (QED) is 0.918. The standard InChI is InChI=1S/C19H19N3O2S/c20-12-14-5-3-6-15(11-14)13-21-18(23)16-7-1-2-9-22(16)19(24)17-8-4-10-25-17/h3-6,8,10-11,16H,1-2,7,9,13H2,(H,21,23). The number of nitrogens with one attached hydrogen (secondary N) is 1. The zero-order valence-electron chi connectivity index (χ0n) is 13.8. The van der Waals surface area contributed by atoms with E-state index >= 15 is 0 Å². The SMILES string of the molecule is N#Cc1cccc(CNC(=O)C2CCCCN2C(=O)c2cccs2)c1. The lowest BCUT2D eigenvalue weighted by atomic mass is 10.0. The molecule has 2 amide bonds. The van der Waals surface area contributed by atoms with Crippen molar-refractivity contribution in [2.24, 2.45) is 0 Å². The van der Waals surface area contributed by atoms with Gasteiger partial charge in [-0.15, -0.1) is 11.3 Å². The largest absolute Gasteiger partial charge is 0.350 e. The molecule has 0 aliphatic carbocycles. The number of nitriles is 1. The molecule has 1 unspecified atom stereocenters. The molecule has 3 rings (SSSR count). The van der Waals surface area contributed by atoms with E-state index < -0.39 is 6.04 Å². The Bertz CT molecular complexity index is 795. The Morgan fingerprint density at radius 1 is 1.28 bits per heavy atom. The second-order valence-electron chi connectivity index (χ2n) is 6.02. The first kappa shape index (κ1) is 17.2. The van der Waals surface area contributed by atoms with Crippen molar-refractivity contribution < 1.29 is 9.59 Å². The van der Waals surface area contributed by atoms with Crippen molar-refractivity contribution in [3.63, 3.8) is 0 Å². The summed E-state index contributed by atoms with van der Waals surface area (Å²) in [4.78, 5) is 27.7. The van der Waals surface area contributed by atoms with Crippen molar-refractivity contribution in [2.45, 2.75) is 31.8 Å². The second kappa shape index (κ2) is 7.95. The van der Waals surface area contributed by atoms with Gasteiger partial charge in [0.1, 0.15) is 6.04 Å². The predicted molar refractivity (Wildman–Crippen MR) is 96.0 cm³/mol. The van der Waals surface area contributed by atoms with E-state index in [1.807, 2.05) is 17.5 Å². The molecule has 0 spiro atoms. The number of rotatable bonds is 4. The third-order valence-electron chi connectivity index (χ3n) is 4.32. The first-order chi connectivity index (χ1) is 12.2. The van der Waals surface area contributed by atoms with Gasteiger partial charge in [0.2, 0.25) is 5.91 Å². The third kappa shape index (κ3) is 4.06. The van der Waals surface area contributed by atoms with Crippen LogP contribution in [0.25, 0.3) is 0 Å². The van der Waals surface area contributed by atoms with Crippen LogP contribution in [0.5, 0.6) is 0 Å². The van der Waals surface area contributed by atoms with Gasteiger partial charge in [0.05, 0.1) is 16.5 Å². The average molecular weight is 353 g/mol. The molecular weight excluding hydrogens is 334 g/mol. The summed E-state index contributed by atoms with van der Waals surface area (Å²) in [5.74, 6) is -0.201. The van der Waals surface area contributed by atoms with Gasteiger partial charge in [-0.2, -0.15) is 5.26 Å². The van der Waals surface area contributed by atoms with Gasteiger partial charge in [0.25, 0.3) is 5.91 Å². The van der Waals surface area contributed by atoms with E-state index in [4.69, 9.17) is 5.26 Å². The highest BCUT2D eigenvalue weighted by Crippen LogP contribution is 2.22. The Morgan fingerprint density at radius 2 is 2.16 bits per heavy atom. The topological polar surface area (TPSA) is 73.2 Å². The first-order valence-electron chi connectivity index (χ1n) is 8.30. The van der Waals surface area contributed by atoms with Crippen molar-refractivity contribution in [2.75, 3.05) is 6.54 Å². The molecule has 1 aliphatic heterocycles. The van der Waals surface area contributed by atoms with Gasteiger partial charge < -0.3 is 10.2 Å². The Morgan fingerprint density at radius 3 is 2.92 bits per heavy atom. The van der Waals surface area contributed by atoms with E-state index in [9.17, 15) is 9.59 Å². The number of hydrogen-bond acceptors (Lipinski definition) is 4. The van der Waals surface area contributed by atoms with Crippen LogP contribution in [-0.4, -0.2) is 29.3 Å². The van der Waals surface area contributed by atoms with E-state index in [0.717, 1.165) is 18.4 Å². The highest BCUT2D eigenvalue weighted by Gasteiger charge is 2.32. The Balaban J connectivity index is 1.66. The first-order valence-corrected chi connectivity index (χ1v) is 9.18. The summed E-state index contributed by atoms with van der Waals surface area (Å²) in [6.45, 7) is 0.963. The number of piperidine rings is 1. The van der Waals surface area contributed by atoms with Crippen molar-refractivity contribution in [3.8, 4) is 6.07 Å². The maximum absolute atomic E-state index is 12.7.